The summed E-state index contributed by atoms with van der Waals surface area (Å²) in [6.45, 7) is 4.10. The first-order valence-corrected chi connectivity index (χ1v) is 4.61. The first-order chi connectivity index (χ1) is 6.77. The van der Waals surface area contributed by atoms with Crippen LogP contribution in [0, 0.1) is 13.8 Å². The molecule has 2 aromatic heterocycles. The first kappa shape index (κ1) is 8.88. The van der Waals surface area contributed by atoms with Crippen LogP contribution in [0.15, 0.2) is 36.8 Å². The van der Waals surface area contributed by atoms with E-state index in [0.29, 0.717) is 0 Å². The van der Waals surface area contributed by atoms with Crippen molar-refractivity contribution < 1.29 is 0 Å². The normalized spacial score (nSPS) is 10.1. The molecule has 0 aliphatic carbocycles. The molecule has 2 heterocycles. The summed E-state index contributed by atoms with van der Waals surface area (Å²) >= 11 is 0. The second-order valence-corrected chi connectivity index (χ2v) is 3.42. The largest absolute Gasteiger partial charge is 0.264 e. The van der Waals surface area contributed by atoms with Crippen LogP contribution in [0.1, 0.15) is 11.1 Å². The predicted octanol–water partition coefficient (Wildman–Crippen LogP) is 2.76. The minimum Gasteiger partial charge on any atom is -0.264 e. The van der Waals surface area contributed by atoms with Gasteiger partial charge in [0.2, 0.25) is 0 Å². The average Bonchev–Trinajstić information content (AvgIpc) is 2.18. The van der Waals surface area contributed by atoms with Crippen LogP contribution < -0.4 is 0 Å². The Kier molecular flexibility index (Phi) is 2.27. The van der Waals surface area contributed by atoms with Gasteiger partial charge in [-0.25, -0.2) is 0 Å². The zero-order valence-electron chi connectivity index (χ0n) is 8.36. The van der Waals surface area contributed by atoms with Crippen molar-refractivity contribution in [2.75, 3.05) is 0 Å². The number of nitrogens with zero attached hydrogens (tertiary/aromatic N) is 2. The van der Waals surface area contributed by atoms with Gasteiger partial charge in [-0.2, -0.15) is 0 Å². The molecule has 0 fully saturated rings. The third kappa shape index (κ3) is 1.64. The Labute approximate surface area is 83.7 Å². The average molecular weight is 184 g/mol. The van der Waals surface area contributed by atoms with E-state index in [2.05, 4.69) is 29.0 Å². The van der Waals surface area contributed by atoms with E-state index < -0.39 is 0 Å². The first-order valence-electron chi connectivity index (χ1n) is 4.61. The van der Waals surface area contributed by atoms with Crippen molar-refractivity contribution in [1.82, 2.24) is 9.97 Å². The van der Waals surface area contributed by atoms with Crippen molar-refractivity contribution >= 4 is 0 Å². The summed E-state index contributed by atoms with van der Waals surface area (Å²) in [4.78, 5) is 8.51. The Balaban J connectivity index is 2.55. The highest BCUT2D eigenvalue weighted by Gasteiger charge is 2.02. The molecule has 0 radical (unpaired) electrons. The fraction of sp³-hybridized carbons (Fsp3) is 0.167. The number of hydrogen-bond donors (Lipinski definition) is 0. The summed E-state index contributed by atoms with van der Waals surface area (Å²) in [5.41, 5.74) is 4.44. The molecule has 0 spiro atoms. The maximum absolute atomic E-state index is 4.35. The van der Waals surface area contributed by atoms with Crippen LogP contribution in [-0.4, -0.2) is 9.97 Å². The van der Waals surface area contributed by atoms with Crippen molar-refractivity contribution in [2.45, 2.75) is 13.8 Å². The number of hydrogen-bond acceptors (Lipinski definition) is 2. The number of pyridine rings is 2. The lowest BCUT2D eigenvalue weighted by Gasteiger charge is -2.04. The zero-order valence-corrected chi connectivity index (χ0v) is 8.36. The second-order valence-electron chi connectivity index (χ2n) is 3.42. The van der Waals surface area contributed by atoms with Crippen molar-refractivity contribution in [1.29, 1.82) is 0 Å². The molecule has 2 heteroatoms. The molecular formula is C12H12N2. The molecule has 0 unspecified atom stereocenters. The molecule has 0 atom stereocenters. The van der Waals surface area contributed by atoms with Crippen LogP contribution in [0.2, 0.25) is 0 Å². The highest BCUT2D eigenvalue weighted by molar-refractivity contribution is 5.61. The summed E-state index contributed by atoms with van der Waals surface area (Å²) in [7, 11) is 0. The van der Waals surface area contributed by atoms with E-state index in [1.54, 1.807) is 0 Å². The van der Waals surface area contributed by atoms with Gasteiger partial charge < -0.3 is 0 Å². The number of rotatable bonds is 1. The van der Waals surface area contributed by atoms with Gasteiger partial charge in [-0.1, -0.05) is 6.07 Å². The van der Waals surface area contributed by atoms with Gasteiger partial charge in [0.05, 0.1) is 5.69 Å². The lowest BCUT2D eigenvalue weighted by atomic mass is 10.1. The summed E-state index contributed by atoms with van der Waals surface area (Å²) in [5, 5.41) is 0. The molecule has 0 aliphatic heterocycles. The Morgan fingerprint density at radius 1 is 1.14 bits per heavy atom. The Morgan fingerprint density at radius 3 is 2.71 bits per heavy atom. The Bertz CT molecular complexity index is 450. The van der Waals surface area contributed by atoms with E-state index in [4.69, 9.17) is 0 Å². The minimum absolute atomic E-state index is 1.02. The summed E-state index contributed by atoms with van der Waals surface area (Å²) < 4.78 is 0. The van der Waals surface area contributed by atoms with Crippen molar-refractivity contribution in [2.24, 2.45) is 0 Å². The maximum atomic E-state index is 4.35. The highest BCUT2D eigenvalue weighted by atomic mass is 14.7. The van der Waals surface area contributed by atoms with E-state index in [0.717, 1.165) is 16.8 Å². The van der Waals surface area contributed by atoms with E-state index in [1.807, 2.05) is 31.6 Å². The standard InChI is InChI=1S/C12H12N2/c1-9-6-11(8-13-7-9)12-10(2)4-3-5-14-12/h3-8H,1-2H3. The van der Waals surface area contributed by atoms with Crippen molar-refractivity contribution in [3.8, 4) is 11.3 Å². The zero-order chi connectivity index (χ0) is 9.97. The van der Waals surface area contributed by atoms with E-state index in [9.17, 15) is 0 Å². The monoisotopic (exact) mass is 184 g/mol. The minimum atomic E-state index is 1.02. The van der Waals surface area contributed by atoms with Gasteiger partial charge >= 0.3 is 0 Å². The SMILES string of the molecule is Cc1cncc(-c2ncccc2C)c1. The molecule has 2 rings (SSSR count). The van der Waals surface area contributed by atoms with E-state index in [1.165, 1.54) is 5.56 Å². The van der Waals surface area contributed by atoms with Crippen LogP contribution in [0.3, 0.4) is 0 Å². The topological polar surface area (TPSA) is 25.8 Å². The fourth-order valence-electron chi connectivity index (χ4n) is 1.47. The van der Waals surface area contributed by atoms with Gasteiger partial charge in [0.15, 0.2) is 0 Å². The van der Waals surface area contributed by atoms with Crippen LogP contribution in [0.4, 0.5) is 0 Å². The molecule has 0 N–H and O–H groups in total. The quantitative estimate of drug-likeness (QED) is 0.681. The lowest BCUT2D eigenvalue weighted by molar-refractivity contribution is 1.22. The number of aryl methyl sites for hydroxylation is 2. The van der Waals surface area contributed by atoms with Crippen LogP contribution >= 0.6 is 0 Å². The van der Waals surface area contributed by atoms with E-state index >= 15 is 0 Å². The molecule has 0 aromatic carbocycles. The van der Waals surface area contributed by atoms with Gasteiger partial charge in [-0.3, -0.25) is 9.97 Å². The predicted molar refractivity (Wildman–Crippen MR) is 56.9 cm³/mol. The molecule has 0 bridgehead atoms. The summed E-state index contributed by atoms with van der Waals surface area (Å²) in [5.74, 6) is 0. The smallest absolute Gasteiger partial charge is 0.0746 e. The molecule has 2 nitrogen and oxygen atoms in total. The van der Waals surface area contributed by atoms with Crippen LogP contribution in [0.5, 0.6) is 0 Å². The molecule has 0 amide bonds. The van der Waals surface area contributed by atoms with Crippen molar-refractivity contribution in [3.63, 3.8) is 0 Å². The lowest BCUT2D eigenvalue weighted by Crippen LogP contribution is -1.88. The van der Waals surface area contributed by atoms with Gasteiger partial charge in [0.1, 0.15) is 0 Å². The van der Waals surface area contributed by atoms with Gasteiger partial charge in [0, 0.05) is 24.2 Å². The van der Waals surface area contributed by atoms with Gasteiger partial charge in [0.25, 0.3) is 0 Å². The maximum Gasteiger partial charge on any atom is 0.0746 e. The van der Waals surface area contributed by atoms with Gasteiger partial charge in [-0.05, 0) is 37.1 Å². The third-order valence-corrected chi connectivity index (χ3v) is 2.16. The molecule has 14 heavy (non-hydrogen) atoms. The number of aromatic nitrogens is 2. The summed E-state index contributed by atoms with van der Waals surface area (Å²) in [6.07, 6.45) is 5.51. The molecule has 0 aliphatic rings. The Hall–Kier alpha value is -1.70. The highest BCUT2D eigenvalue weighted by Crippen LogP contribution is 2.19. The molecule has 0 saturated carbocycles. The molecule has 70 valence electrons. The molecular weight excluding hydrogens is 172 g/mol. The summed E-state index contributed by atoms with van der Waals surface area (Å²) in [6, 6.07) is 6.11. The van der Waals surface area contributed by atoms with Crippen molar-refractivity contribution in [3.05, 3.63) is 47.9 Å². The van der Waals surface area contributed by atoms with E-state index in [-0.39, 0.29) is 0 Å². The molecule has 2 aromatic rings. The molecule has 0 saturated heterocycles. The fourth-order valence-corrected chi connectivity index (χ4v) is 1.47. The second kappa shape index (κ2) is 3.58. The van der Waals surface area contributed by atoms with Crippen LogP contribution in [0.25, 0.3) is 11.3 Å². The Morgan fingerprint density at radius 2 is 2.00 bits per heavy atom. The van der Waals surface area contributed by atoms with Crippen LogP contribution in [-0.2, 0) is 0 Å². The third-order valence-electron chi connectivity index (χ3n) is 2.16. The van der Waals surface area contributed by atoms with Gasteiger partial charge in [-0.15, -0.1) is 0 Å².